The molecule has 0 radical (unpaired) electrons. The largest absolute Gasteiger partial charge is 0.445 e. The van der Waals surface area contributed by atoms with Crippen LogP contribution in [0.1, 0.15) is 22.8 Å². The third-order valence-corrected chi connectivity index (χ3v) is 2.36. The summed E-state index contributed by atoms with van der Waals surface area (Å²) in [6.07, 6.45) is 3.38. The van der Waals surface area contributed by atoms with Crippen molar-refractivity contribution in [2.24, 2.45) is 0 Å². The number of aldehydes is 1. The summed E-state index contributed by atoms with van der Waals surface area (Å²) >= 11 is 0. The zero-order chi connectivity index (χ0) is 11.4. The summed E-state index contributed by atoms with van der Waals surface area (Å²) in [6, 6.07) is 8.23. The molecule has 1 aromatic heterocycles. The molecule has 0 atom stereocenters. The van der Waals surface area contributed by atoms with Crippen LogP contribution in [0.4, 0.5) is 0 Å². The second kappa shape index (κ2) is 4.75. The monoisotopic (exact) mass is 215 g/mol. The molecule has 82 valence electrons. The Balaban J connectivity index is 2.08. The van der Waals surface area contributed by atoms with Crippen LogP contribution < -0.4 is 0 Å². The Kier molecular flexibility index (Phi) is 3.15. The van der Waals surface area contributed by atoms with E-state index in [2.05, 4.69) is 36.2 Å². The van der Waals surface area contributed by atoms with Crippen molar-refractivity contribution in [1.82, 2.24) is 4.98 Å². The molecule has 16 heavy (non-hydrogen) atoms. The molecule has 1 aromatic carbocycles. The molecule has 0 aliphatic carbocycles. The minimum absolute atomic E-state index is 0.293. The zero-order valence-electron chi connectivity index (χ0n) is 9.14. The number of benzene rings is 1. The van der Waals surface area contributed by atoms with Crippen LogP contribution in [0.5, 0.6) is 0 Å². The first-order valence-corrected chi connectivity index (χ1v) is 5.20. The lowest BCUT2D eigenvalue weighted by molar-refractivity contribution is -0.107. The predicted octanol–water partition coefficient (Wildman–Crippen LogP) is 2.32. The average molecular weight is 215 g/mol. The fourth-order valence-electron chi connectivity index (χ4n) is 1.49. The molecule has 1 heterocycles. The van der Waals surface area contributed by atoms with Gasteiger partial charge in [0.1, 0.15) is 12.0 Å². The van der Waals surface area contributed by atoms with Gasteiger partial charge in [0.05, 0.1) is 12.6 Å². The summed E-state index contributed by atoms with van der Waals surface area (Å²) in [6.45, 7) is 2.05. The van der Waals surface area contributed by atoms with Crippen molar-refractivity contribution in [3.8, 4) is 0 Å². The number of nitrogens with zero attached hydrogens (tertiary/aromatic N) is 1. The maximum atomic E-state index is 10.3. The van der Waals surface area contributed by atoms with Gasteiger partial charge in [0, 0.05) is 6.42 Å². The van der Waals surface area contributed by atoms with Gasteiger partial charge in [0.15, 0.2) is 5.89 Å². The van der Waals surface area contributed by atoms with E-state index < -0.39 is 0 Å². The molecule has 0 amide bonds. The molecule has 2 aromatic rings. The highest BCUT2D eigenvalue weighted by Crippen LogP contribution is 2.11. The van der Waals surface area contributed by atoms with Crippen molar-refractivity contribution < 1.29 is 9.21 Å². The van der Waals surface area contributed by atoms with E-state index in [-0.39, 0.29) is 0 Å². The summed E-state index contributed by atoms with van der Waals surface area (Å²) in [5, 5.41) is 0. The van der Waals surface area contributed by atoms with Crippen LogP contribution >= 0.6 is 0 Å². The van der Waals surface area contributed by atoms with Gasteiger partial charge in [-0.3, -0.25) is 0 Å². The van der Waals surface area contributed by atoms with Crippen LogP contribution in [-0.2, 0) is 17.6 Å². The molecule has 3 nitrogen and oxygen atoms in total. The van der Waals surface area contributed by atoms with Gasteiger partial charge in [-0.25, -0.2) is 4.98 Å². The topological polar surface area (TPSA) is 43.1 Å². The lowest BCUT2D eigenvalue weighted by atomic mass is 10.1. The second-order valence-corrected chi connectivity index (χ2v) is 3.75. The average Bonchev–Trinajstić information content (AvgIpc) is 2.70. The van der Waals surface area contributed by atoms with Gasteiger partial charge < -0.3 is 9.21 Å². The van der Waals surface area contributed by atoms with Crippen LogP contribution in [0.15, 0.2) is 34.9 Å². The van der Waals surface area contributed by atoms with Gasteiger partial charge in [0.25, 0.3) is 0 Å². The maximum Gasteiger partial charge on any atom is 0.198 e. The van der Waals surface area contributed by atoms with Crippen LogP contribution in [0, 0.1) is 6.92 Å². The first kappa shape index (κ1) is 10.6. The normalized spacial score (nSPS) is 10.3. The predicted molar refractivity (Wildman–Crippen MR) is 60.3 cm³/mol. The molecule has 0 N–H and O–H groups in total. The first-order chi connectivity index (χ1) is 7.78. The molecule has 0 spiro atoms. The third kappa shape index (κ3) is 2.57. The third-order valence-electron chi connectivity index (χ3n) is 2.36. The highest BCUT2D eigenvalue weighted by atomic mass is 16.4. The van der Waals surface area contributed by atoms with Crippen LogP contribution in [0.25, 0.3) is 0 Å². The second-order valence-electron chi connectivity index (χ2n) is 3.75. The van der Waals surface area contributed by atoms with E-state index in [1.54, 1.807) is 6.20 Å². The molecule has 2 rings (SSSR count). The zero-order valence-corrected chi connectivity index (χ0v) is 9.14. The van der Waals surface area contributed by atoms with Gasteiger partial charge in [-0.05, 0) is 12.5 Å². The summed E-state index contributed by atoms with van der Waals surface area (Å²) in [5.74, 6) is 1.28. The Hall–Kier alpha value is -1.90. The molecule has 0 fully saturated rings. The van der Waals surface area contributed by atoms with Crippen LogP contribution in [0.3, 0.4) is 0 Å². The number of hydrogen-bond acceptors (Lipinski definition) is 3. The number of hydrogen-bond donors (Lipinski definition) is 0. The Morgan fingerprint density at radius 1 is 1.31 bits per heavy atom. The van der Waals surface area contributed by atoms with E-state index in [4.69, 9.17) is 4.42 Å². The molecule has 0 aliphatic rings. The number of carbonyl (C=O) groups is 1. The van der Waals surface area contributed by atoms with E-state index in [1.165, 1.54) is 5.56 Å². The molecular formula is C13H13NO2. The summed E-state index contributed by atoms with van der Waals surface area (Å²) < 4.78 is 5.42. The highest BCUT2D eigenvalue weighted by Gasteiger charge is 2.04. The van der Waals surface area contributed by atoms with E-state index in [9.17, 15) is 4.79 Å². The number of aryl methyl sites for hydroxylation is 1. The molecule has 0 aliphatic heterocycles. The summed E-state index contributed by atoms with van der Waals surface area (Å²) in [4.78, 5) is 14.4. The van der Waals surface area contributed by atoms with E-state index in [0.717, 1.165) is 11.8 Å². The van der Waals surface area contributed by atoms with Gasteiger partial charge in [-0.15, -0.1) is 0 Å². The van der Waals surface area contributed by atoms with E-state index >= 15 is 0 Å². The summed E-state index contributed by atoms with van der Waals surface area (Å²) in [5.41, 5.74) is 2.39. The number of aromatic nitrogens is 1. The molecule has 0 saturated carbocycles. The Labute approximate surface area is 94.1 Å². The standard InChI is InChI=1S/C13H13NO2/c1-10-2-4-11(5-3-10)8-13-14-9-12(16-13)6-7-15/h2-5,7,9H,6,8H2,1H3. The lowest BCUT2D eigenvalue weighted by Gasteiger charge is -1.98. The van der Waals surface area contributed by atoms with Gasteiger partial charge in [0.2, 0.25) is 0 Å². The highest BCUT2D eigenvalue weighted by molar-refractivity contribution is 5.52. The molecule has 0 unspecified atom stereocenters. The van der Waals surface area contributed by atoms with Crippen LogP contribution in [0.2, 0.25) is 0 Å². The number of oxazole rings is 1. The van der Waals surface area contributed by atoms with E-state index in [1.807, 2.05) is 0 Å². The first-order valence-electron chi connectivity index (χ1n) is 5.20. The van der Waals surface area contributed by atoms with Gasteiger partial charge in [-0.1, -0.05) is 29.8 Å². The van der Waals surface area contributed by atoms with Crippen molar-refractivity contribution in [3.05, 3.63) is 53.2 Å². The molecule has 0 bridgehead atoms. The van der Waals surface area contributed by atoms with Crippen molar-refractivity contribution in [3.63, 3.8) is 0 Å². The smallest absolute Gasteiger partial charge is 0.198 e. The quantitative estimate of drug-likeness (QED) is 0.735. The van der Waals surface area contributed by atoms with Crippen molar-refractivity contribution in [2.45, 2.75) is 19.8 Å². The molecule has 0 saturated heterocycles. The number of rotatable bonds is 4. The van der Waals surface area contributed by atoms with E-state index in [0.29, 0.717) is 24.5 Å². The van der Waals surface area contributed by atoms with Crippen molar-refractivity contribution >= 4 is 6.29 Å². The van der Waals surface area contributed by atoms with Crippen molar-refractivity contribution in [1.29, 1.82) is 0 Å². The fraction of sp³-hybridized carbons (Fsp3) is 0.231. The minimum atomic E-state index is 0.293. The SMILES string of the molecule is Cc1ccc(Cc2ncc(CC=O)o2)cc1. The minimum Gasteiger partial charge on any atom is -0.445 e. The Morgan fingerprint density at radius 2 is 2.06 bits per heavy atom. The Morgan fingerprint density at radius 3 is 2.75 bits per heavy atom. The Bertz CT molecular complexity index is 471. The maximum absolute atomic E-state index is 10.3. The fourth-order valence-corrected chi connectivity index (χ4v) is 1.49. The van der Waals surface area contributed by atoms with Gasteiger partial charge >= 0.3 is 0 Å². The number of carbonyl (C=O) groups excluding carboxylic acids is 1. The molecular weight excluding hydrogens is 202 g/mol. The van der Waals surface area contributed by atoms with Crippen LogP contribution in [-0.4, -0.2) is 11.3 Å². The van der Waals surface area contributed by atoms with Gasteiger partial charge in [-0.2, -0.15) is 0 Å². The van der Waals surface area contributed by atoms with Crippen molar-refractivity contribution in [2.75, 3.05) is 0 Å². The molecule has 3 heteroatoms. The lowest BCUT2D eigenvalue weighted by Crippen LogP contribution is -1.87. The summed E-state index contributed by atoms with van der Waals surface area (Å²) in [7, 11) is 0.